The largest absolute Gasteiger partial charge is 0.383 e. The van der Waals surface area contributed by atoms with Crippen LogP contribution in [0, 0.1) is 0 Å². The molecule has 29 heavy (non-hydrogen) atoms. The highest BCUT2D eigenvalue weighted by atomic mass is 32.1. The lowest BCUT2D eigenvalue weighted by molar-refractivity contribution is -0.132. The number of rotatable bonds is 4. The summed E-state index contributed by atoms with van der Waals surface area (Å²) in [7, 11) is 0. The van der Waals surface area contributed by atoms with Crippen molar-refractivity contribution in [3.8, 4) is 0 Å². The molecule has 1 atom stereocenters. The molecule has 0 aromatic heterocycles. The summed E-state index contributed by atoms with van der Waals surface area (Å²) in [6.45, 7) is 2.68. The monoisotopic (exact) mass is 408 g/mol. The Labute approximate surface area is 177 Å². The van der Waals surface area contributed by atoms with Crippen molar-refractivity contribution in [2.24, 2.45) is 10.7 Å². The van der Waals surface area contributed by atoms with E-state index in [4.69, 9.17) is 18.0 Å². The molecule has 1 fully saturated rings. The van der Waals surface area contributed by atoms with Gasteiger partial charge in [-0.1, -0.05) is 36.5 Å². The van der Waals surface area contributed by atoms with Crippen LogP contribution in [0.2, 0.25) is 0 Å². The highest BCUT2D eigenvalue weighted by Crippen LogP contribution is 2.30. The minimum absolute atomic E-state index is 0.0301. The Balaban J connectivity index is 1.54. The third-order valence-electron chi connectivity index (χ3n) is 5.91. The van der Waals surface area contributed by atoms with Crippen LogP contribution < -0.4 is 11.1 Å². The molecule has 2 aliphatic heterocycles. The Bertz CT molecular complexity index is 896. The van der Waals surface area contributed by atoms with E-state index in [1.54, 1.807) is 0 Å². The van der Waals surface area contributed by atoms with Crippen molar-refractivity contribution in [3.63, 3.8) is 0 Å². The summed E-state index contributed by atoms with van der Waals surface area (Å²) >= 11 is 5.41. The van der Waals surface area contributed by atoms with Gasteiger partial charge in [-0.05, 0) is 55.5 Å². The number of benzene rings is 1. The van der Waals surface area contributed by atoms with Crippen molar-refractivity contribution in [2.75, 3.05) is 19.6 Å². The van der Waals surface area contributed by atoms with Gasteiger partial charge in [0.05, 0.1) is 5.69 Å². The average molecular weight is 409 g/mol. The van der Waals surface area contributed by atoms with Crippen molar-refractivity contribution in [1.29, 1.82) is 0 Å². The molecule has 1 amide bonds. The molecule has 6 heteroatoms. The molecule has 1 unspecified atom stereocenters. The maximum absolute atomic E-state index is 12.8. The summed E-state index contributed by atoms with van der Waals surface area (Å²) in [5.41, 5.74) is 10.3. The molecule has 152 valence electrons. The molecule has 1 aromatic rings. The van der Waals surface area contributed by atoms with Crippen molar-refractivity contribution in [2.45, 2.75) is 44.6 Å². The van der Waals surface area contributed by atoms with Gasteiger partial charge in [0.2, 0.25) is 5.91 Å². The normalized spacial score (nSPS) is 22.3. The molecule has 2 heterocycles. The van der Waals surface area contributed by atoms with Crippen LogP contribution in [0.3, 0.4) is 0 Å². The number of carbonyl (C=O) groups excluding carboxylic acids is 1. The van der Waals surface area contributed by atoms with Crippen LogP contribution in [0.15, 0.2) is 47.0 Å². The number of likely N-dealkylation sites (tertiary alicyclic amines) is 1. The number of fused-ring (bicyclic) bond motifs is 1. The van der Waals surface area contributed by atoms with Crippen molar-refractivity contribution in [1.82, 2.24) is 10.2 Å². The number of amidine groups is 1. The molecule has 5 nitrogen and oxygen atoms in total. The first kappa shape index (κ1) is 20.0. The van der Waals surface area contributed by atoms with E-state index >= 15 is 0 Å². The number of thiocarbonyl (C=S) groups is 1. The molecular formula is C23H28N4OS. The Morgan fingerprint density at radius 3 is 2.90 bits per heavy atom. The number of nitrogens with one attached hydrogen (secondary N) is 1. The van der Waals surface area contributed by atoms with E-state index in [-0.39, 0.29) is 11.9 Å². The van der Waals surface area contributed by atoms with Crippen molar-refractivity contribution < 1.29 is 4.79 Å². The fourth-order valence-corrected chi connectivity index (χ4v) is 4.56. The molecule has 4 rings (SSSR count). The molecule has 3 aliphatic rings. The minimum Gasteiger partial charge on any atom is -0.383 e. The van der Waals surface area contributed by atoms with Crippen LogP contribution in [-0.2, 0) is 11.2 Å². The highest BCUT2D eigenvalue weighted by Gasteiger charge is 2.26. The lowest BCUT2D eigenvalue weighted by atomic mass is 9.91. The van der Waals surface area contributed by atoms with Gasteiger partial charge in [0.15, 0.2) is 0 Å². The van der Waals surface area contributed by atoms with Crippen LogP contribution >= 0.6 is 12.2 Å². The Morgan fingerprint density at radius 1 is 1.28 bits per heavy atom. The molecule has 0 saturated carbocycles. The second-order valence-corrected chi connectivity index (χ2v) is 8.41. The van der Waals surface area contributed by atoms with Gasteiger partial charge in [-0.2, -0.15) is 0 Å². The number of nitrogens with two attached hydrogens (primary N) is 1. The zero-order valence-electron chi connectivity index (χ0n) is 16.7. The number of nitrogens with zero attached hydrogens (tertiary/aromatic N) is 2. The maximum Gasteiger partial charge on any atom is 0.224 e. The third-order valence-corrected chi connectivity index (χ3v) is 6.29. The van der Waals surface area contributed by atoms with E-state index in [1.807, 2.05) is 29.2 Å². The Kier molecular flexibility index (Phi) is 6.21. The number of piperidine rings is 1. The summed E-state index contributed by atoms with van der Waals surface area (Å²) in [4.78, 5) is 20.3. The van der Waals surface area contributed by atoms with Crippen LogP contribution in [-0.4, -0.2) is 41.1 Å². The van der Waals surface area contributed by atoms with E-state index < -0.39 is 0 Å². The third kappa shape index (κ3) is 4.65. The van der Waals surface area contributed by atoms with Gasteiger partial charge in [-0.15, -0.1) is 0 Å². The van der Waals surface area contributed by atoms with Gasteiger partial charge in [0.25, 0.3) is 0 Å². The molecule has 0 bridgehead atoms. The molecule has 1 aliphatic carbocycles. The number of hydrogen-bond donors (Lipinski definition) is 2. The Hall–Kier alpha value is -2.31. The summed E-state index contributed by atoms with van der Waals surface area (Å²) in [6.07, 6.45) is 11.6. The summed E-state index contributed by atoms with van der Waals surface area (Å²) in [5.74, 6) is 0.692. The smallest absolute Gasteiger partial charge is 0.224 e. The van der Waals surface area contributed by atoms with E-state index in [0.29, 0.717) is 12.3 Å². The van der Waals surface area contributed by atoms with Crippen LogP contribution in [0.4, 0.5) is 5.69 Å². The molecular weight excluding hydrogens is 380 g/mol. The zero-order valence-corrected chi connectivity index (χ0v) is 17.5. The quantitative estimate of drug-likeness (QED) is 0.454. The number of aliphatic imine (C=N–C) groups is 1. The summed E-state index contributed by atoms with van der Waals surface area (Å²) in [5, 5.41) is 3.53. The molecule has 3 N–H and O–H groups in total. The second kappa shape index (κ2) is 9.01. The SMILES string of the molecule is NC(=Nc1ccc2c(c1)C(CC(=O)N1CCCCC1)NCC2)C1=CC=CCC1=S. The molecule has 1 saturated heterocycles. The maximum atomic E-state index is 12.8. The van der Waals surface area contributed by atoms with Gasteiger partial charge in [0, 0.05) is 42.4 Å². The number of amides is 1. The van der Waals surface area contributed by atoms with Gasteiger partial charge < -0.3 is 16.0 Å². The fourth-order valence-electron chi connectivity index (χ4n) is 4.29. The predicted octanol–water partition coefficient (Wildman–Crippen LogP) is 3.52. The second-order valence-electron chi connectivity index (χ2n) is 7.92. The summed E-state index contributed by atoms with van der Waals surface area (Å²) < 4.78 is 0. The Morgan fingerprint density at radius 2 is 2.10 bits per heavy atom. The first-order valence-electron chi connectivity index (χ1n) is 10.5. The van der Waals surface area contributed by atoms with Crippen molar-refractivity contribution in [3.05, 3.63) is 53.1 Å². The number of allylic oxidation sites excluding steroid dienone is 3. The zero-order chi connectivity index (χ0) is 20.2. The van der Waals surface area contributed by atoms with Crippen LogP contribution in [0.25, 0.3) is 0 Å². The van der Waals surface area contributed by atoms with Gasteiger partial charge in [-0.3, -0.25) is 4.79 Å². The summed E-state index contributed by atoms with van der Waals surface area (Å²) in [6, 6.07) is 6.23. The van der Waals surface area contributed by atoms with Gasteiger partial charge in [-0.25, -0.2) is 4.99 Å². The van der Waals surface area contributed by atoms with E-state index in [9.17, 15) is 4.79 Å². The standard InChI is InChI=1S/C23H28N4OS/c24-23(18-6-2-3-7-21(18)29)26-17-9-8-16-10-11-25-20(19(16)14-17)15-22(28)27-12-4-1-5-13-27/h2-3,6,8-9,14,20,25H,1,4-5,7,10-13,15H2,(H2,24,26). The molecule has 1 aromatic carbocycles. The van der Waals surface area contributed by atoms with E-state index in [1.165, 1.54) is 12.0 Å². The lowest BCUT2D eigenvalue weighted by Crippen LogP contribution is -2.39. The fraction of sp³-hybridized carbons (Fsp3) is 0.435. The first-order valence-corrected chi connectivity index (χ1v) is 10.9. The van der Waals surface area contributed by atoms with Crippen LogP contribution in [0.1, 0.15) is 49.3 Å². The van der Waals surface area contributed by atoms with E-state index in [0.717, 1.165) is 67.0 Å². The molecule has 0 spiro atoms. The van der Waals surface area contributed by atoms with Crippen LogP contribution in [0.5, 0.6) is 0 Å². The predicted molar refractivity (Wildman–Crippen MR) is 122 cm³/mol. The lowest BCUT2D eigenvalue weighted by Gasteiger charge is -2.31. The molecule has 0 radical (unpaired) electrons. The number of carbonyl (C=O) groups is 1. The number of hydrogen-bond acceptors (Lipinski definition) is 4. The van der Waals surface area contributed by atoms with Gasteiger partial charge in [0.1, 0.15) is 5.84 Å². The topological polar surface area (TPSA) is 70.7 Å². The van der Waals surface area contributed by atoms with Gasteiger partial charge >= 0.3 is 0 Å². The van der Waals surface area contributed by atoms with E-state index in [2.05, 4.69) is 22.4 Å². The highest BCUT2D eigenvalue weighted by molar-refractivity contribution is 7.81. The average Bonchev–Trinajstić information content (AvgIpc) is 2.75. The minimum atomic E-state index is 0.0301. The van der Waals surface area contributed by atoms with Crippen molar-refractivity contribution >= 4 is 34.5 Å². The first-order chi connectivity index (χ1) is 14.1.